The van der Waals surface area contributed by atoms with Crippen LogP contribution in [0, 0.1) is 6.92 Å². The van der Waals surface area contributed by atoms with Crippen LogP contribution >= 0.6 is 0 Å². The second-order valence-corrected chi connectivity index (χ2v) is 5.35. The summed E-state index contributed by atoms with van der Waals surface area (Å²) in [5, 5.41) is 14.3. The van der Waals surface area contributed by atoms with Gasteiger partial charge in [-0.15, -0.1) is 5.10 Å². The Morgan fingerprint density at radius 2 is 1.84 bits per heavy atom. The fourth-order valence-electron chi connectivity index (χ4n) is 2.32. The summed E-state index contributed by atoms with van der Waals surface area (Å²) >= 11 is 0. The Bertz CT molecular complexity index is 870. The maximum atomic E-state index is 5.36. The third-order valence-electron chi connectivity index (χ3n) is 3.50. The summed E-state index contributed by atoms with van der Waals surface area (Å²) in [7, 11) is 3.22. The molecule has 0 aliphatic heterocycles. The van der Waals surface area contributed by atoms with Gasteiger partial charge in [0.05, 0.1) is 26.1 Å². The lowest BCUT2D eigenvalue weighted by molar-refractivity contribution is 0.405. The van der Waals surface area contributed by atoms with Gasteiger partial charge in [-0.25, -0.2) is 0 Å². The number of ether oxygens (including phenoxy) is 2. The molecule has 7 heteroatoms. The molecule has 25 heavy (non-hydrogen) atoms. The second kappa shape index (κ2) is 7.48. The fourth-order valence-corrected chi connectivity index (χ4v) is 2.32. The number of nitrogens with one attached hydrogen (secondary N) is 2. The van der Waals surface area contributed by atoms with Crippen molar-refractivity contribution in [2.24, 2.45) is 0 Å². The van der Waals surface area contributed by atoms with Crippen molar-refractivity contribution in [3.05, 3.63) is 54.2 Å². The van der Waals surface area contributed by atoms with Gasteiger partial charge >= 0.3 is 0 Å². The van der Waals surface area contributed by atoms with E-state index in [-0.39, 0.29) is 0 Å². The van der Waals surface area contributed by atoms with Gasteiger partial charge in [0.2, 0.25) is 5.95 Å². The first-order chi connectivity index (χ1) is 12.2. The topological polar surface area (TPSA) is 81.2 Å². The lowest BCUT2D eigenvalue weighted by Gasteiger charge is -2.12. The van der Waals surface area contributed by atoms with E-state index in [0.29, 0.717) is 23.3 Å². The number of rotatable bonds is 6. The second-order valence-electron chi connectivity index (χ2n) is 5.35. The number of methoxy groups -OCH3 is 2. The molecule has 0 radical (unpaired) electrons. The van der Waals surface area contributed by atoms with Crippen LogP contribution in [0.5, 0.6) is 11.5 Å². The van der Waals surface area contributed by atoms with E-state index in [2.05, 4.69) is 25.8 Å². The Hall–Kier alpha value is -3.35. The van der Waals surface area contributed by atoms with E-state index in [0.717, 1.165) is 16.9 Å². The molecule has 0 bridgehead atoms. The number of nitrogens with zero attached hydrogens (tertiary/aromatic N) is 3. The molecule has 0 saturated heterocycles. The lowest BCUT2D eigenvalue weighted by atomic mass is 10.2. The molecule has 0 saturated carbocycles. The third kappa shape index (κ3) is 4.14. The Morgan fingerprint density at radius 1 is 0.960 bits per heavy atom. The molecule has 0 atom stereocenters. The SMILES string of the molecule is COc1ccc(OC)c(Nc2cnnc(Nc3cccc(C)c3)n2)c1. The lowest BCUT2D eigenvalue weighted by Crippen LogP contribution is -2.03. The number of hydrogen-bond donors (Lipinski definition) is 2. The van der Waals surface area contributed by atoms with Gasteiger partial charge in [-0.2, -0.15) is 10.1 Å². The molecule has 1 aromatic heterocycles. The quantitative estimate of drug-likeness (QED) is 0.710. The van der Waals surface area contributed by atoms with Gasteiger partial charge in [0.1, 0.15) is 11.5 Å². The Kier molecular flexibility index (Phi) is 4.94. The number of aromatic nitrogens is 3. The van der Waals surface area contributed by atoms with E-state index >= 15 is 0 Å². The Morgan fingerprint density at radius 3 is 2.60 bits per heavy atom. The minimum absolute atomic E-state index is 0.400. The molecule has 0 aliphatic carbocycles. The van der Waals surface area contributed by atoms with E-state index in [9.17, 15) is 0 Å². The first-order valence-corrected chi connectivity index (χ1v) is 7.70. The van der Waals surface area contributed by atoms with Gasteiger partial charge in [0.15, 0.2) is 5.82 Å². The maximum Gasteiger partial charge on any atom is 0.249 e. The van der Waals surface area contributed by atoms with Crippen molar-refractivity contribution in [3.8, 4) is 11.5 Å². The van der Waals surface area contributed by atoms with E-state index in [4.69, 9.17) is 9.47 Å². The zero-order chi connectivity index (χ0) is 17.6. The predicted octanol–water partition coefficient (Wildman–Crippen LogP) is 3.68. The highest BCUT2D eigenvalue weighted by Gasteiger charge is 2.08. The summed E-state index contributed by atoms with van der Waals surface area (Å²) in [6, 6.07) is 13.4. The monoisotopic (exact) mass is 337 g/mol. The van der Waals surface area contributed by atoms with Crippen LogP contribution < -0.4 is 20.1 Å². The van der Waals surface area contributed by atoms with E-state index in [1.807, 2.05) is 49.4 Å². The van der Waals surface area contributed by atoms with Crippen LogP contribution in [-0.2, 0) is 0 Å². The number of hydrogen-bond acceptors (Lipinski definition) is 7. The van der Waals surface area contributed by atoms with Crippen molar-refractivity contribution in [1.29, 1.82) is 0 Å². The largest absolute Gasteiger partial charge is 0.497 e. The van der Waals surface area contributed by atoms with Crippen LogP contribution in [0.4, 0.5) is 23.1 Å². The molecular weight excluding hydrogens is 318 g/mol. The van der Waals surface area contributed by atoms with Crippen LogP contribution in [0.25, 0.3) is 0 Å². The molecule has 1 heterocycles. The summed E-state index contributed by atoms with van der Waals surface area (Å²) in [4.78, 5) is 4.43. The molecule has 0 aliphatic rings. The summed E-state index contributed by atoms with van der Waals surface area (Å²) in [6.07, 6.45) is 1.54. The number of aryl methyl sites for hydroxylation is 1. The Balaban J connectivity index is 1.82. The molecule has 0 fully saturated rings. The van der Waals surface area contributed by atoms with Gasteiger partial charge in [-0.3, -0.25) is 0 Å². The van der Waals surface area contributed by atoms with Gasteiger partial charge < -0.3 is 20.1 Å². The Labute approximate surface area is 146 Å². The summed E-state index contributed by atoms with van der Waals surface area (Å²) < 4.78 is 10.6. The number of anilines is 4. The van der Waals surface area contributed by atoms with Crippen LogP contribution in [-0.4, -0.2) is 29.4 Å². The van der Waals surface area contributed by atoms with Crippen molar-refractivity contribution in [2.45, 2.75) is 6.92 Å². The van der Waals surface area contributed by atoms with E-state index in [1.165, 1.54) is 0 Å². The average molecular weight is 337 g/mol. The van der Waals surface area contributed by atoms with Crippen molar-refractivity contribution in [2.75, 3.05) is 24.9 Å². The molecule has 128 valence electrons. The van der Waals surface area contributed by atoms with Crippen LogP contribution in [0.1, 0.15) is 5.56 Å². The summed E-state index contributed by atoms with van der Waals surface area (Å²) in [5.41, 5.74) is 2.77. The maximum absolute atomic E-state index is 5.36. The molecule has 2 N–H and O–H groups in total. The highest BCUT2D eigenvalue weighted by Crippen LogP contribution is 2.31. The molecule has 3 aromatic rings. The van der Waals surface area contributed by atoms with E-state index in [1.54, 1.807) is 20.4 Å². The fraction of sp³-hybridized carbons (Fsp3) is 0.167. The van der Waals surface area contributed by atoms with Crippen molar-refractivity contribution >= 4 is 23.1 Å². The van der Waals surface area contributed by atoms with Crippen molar-refractivity contribution < 1.29 is 9.47 Å². The summed E-state index contributed by atoms with van der Waals surface area (Å²) in [5.74, 6) is 2.32. The minimum Gasteiger partial charge on any atom is -0.497 e. The predicted molar refractivity (Wildman–Crippen MR) is 97.1 cm³/mol. The van der Waals surface area contributed by atoms with E-state index < -0.39 is 0 Å². The van der Waals surface area contributed by atoms with Crippen LogP contribution in [0.2, 0.25) is 0 Å². The first-order valence-electron chi connectivity index (χ1n) is 7.70. The molecule has 3 rings (SSSR count). The molecular formula is C18H19N5O2. The van der Waals surface area contributed by atoms with Gasteiger partial charge in [-0.05, 0) is 36.8 Å². The van der Waals surface area contributed by atoms with Crippen molar-refractivity contribution in [1.82, 2.24) is 15.2 Å². The minimum atomic E-state index is 0.400. The zero-order valence-corrected chi connectivity index (χ0v) is 14.3. The van der Waals surface area contributed by atoms with Gasteiger partial charge in [-0.1, -0.05) is 12.1 Å². The smallest absolute Gasteiger partial charge is 0.249 e. The standard InChI is InChI=1S/C18H19N5O2/c1-12-5-4-6-13(9-12)20-18-22-17(11-19-23-18)21-15-10-14(24-2)7-8-16(15)25-3/h4-11H,1-3H3,(H2,20,21,22,23). The highest BCUT2D eigenvalue weighted by atomic mass is 16.5. The van der Waals surface area contributed by atoms with Gasteiger partial charge in [0.25, 0.3) is 0 Å². The normalized spacial score (nSPS) is 10.2. The summed E-state index contributed by atoms with van der Waals surface area (Å²) in [6.45, 7) is 2.03. The van der Waals surface area contributed by atoms with Crippen molar-refractivity contribution in [3.63, 3.8) is 0 Å². The molecule has 0 spiro atoms. The molecule has 0 unspecified atom stereocenters. The first kappa shape index (κ1) is 16.5. The zero-order valence-electron chi connectivity index (χ0n) is 14.3. The number of benzene rings is 2. The molecule has 7 nitrogen and oxygen atoms in total. The van der Waals surface area contributed by atoms with Gasteiger partial charge in [0, 0.05) is 11.8 Å². The average Bonchev–Trinajstić information content (AvgIpc) is 2.62. The molecule has 0 amide bonds. The molecule has 2 aromatic carbocycles. The highest BCUT2D eigenvalue weighted by molar-refractivity contribution is 5.66. The van der Waals surface area contributed by atoms with Crippen LogP contribution in [0.3, 0.4) is 0 Å². The van der Waals surface area contributed by atoms with Crippen LogP contribution in [0.15, 0.2) is 48.7 Å². The third-order valence-corrected chi connectivity index (χ3v) is 3.50.